The summed E-state index contributed by atoms with van der Waals surface area (Å²) in [7, 11) is 0. The molecule has 7 heteroatoms. The van der Waals surface area contributed by atoms with E-state index in [4.69, 9.17) is 0 Å². The minimum atomic E-state index is -4.48. The molecule has 2 rings (SSSR count). The molecule has 1 aliphatic rings. The Morgan fingerprint density at radius 2 is 2.16 bits per heavy atom. The summed E-state index contributed by atoms with van der Waals surface area (Å²) in [5.74, 6) is -0.282. The van der Waals surface area contributed by atoms with Crippen LogP contribution in [0.3, 0.4) is 0 Å². The highest BCUT2D eigenvalue weighted by atomic mass is 19.4. The molecule has 0 aromatic carbocycles. The van der Waals surface area contributed by atoms with Crippen LogP contribution in [0.4, 0.5) is 13.2 Å². The standard InChI is InChI=1S/C12H14F3N3O/c1-2-18(9-6-16-7-9)11(19)8-3-4-10(17-5-8)12(13,14)15/h3-5,9,16H,2,6-7H2,1H3. The number of rotatable bonds is 3. The molecule has 1 N–H and O–H groups in total. The summed E-state index contributed by atoms with van der Waals surface area (Å²) in [6, 6.07) is 2.12. The van der Waals surface area contributed by atoms with E-state index in [1.165, 1.54) is 6.07 Å². The van der Waals surface area contributed by atoms with Crippen molar-refractivity contribution in [2.45, 2.75) is 19.1 Å². The molecule has 0 radical (unpaired) electrons. The molecule has 0 aliphatic carbocycles. The second-order valence-corrected chi connectivity index (χ2v) is 4.33. The number of alkyl halides is 3. The number of hydrogen-bond acceptors (Lipinski definition) is 3. The van der Waals surface area contributed by atoms with E-state index in [-0.39, 0.29) is 17.5 Å². The molecule has 0 unspecified atom stereocenters. The average Bonchev–Trinajstić information content (AvgIpc) is 2.31. The van der Waals surface area contributed by atoms with Crippen LogP contribution < -0.4 is 5.32 Å². The largest absolute Gasteiger partial charge is 0.433 e. The first-order valence-corrected chi connectivity index (χ1v) is 5.98. The molecule has 1 fully saturated rings. The third kappa shape index (κ3) is 2.86. The first-order chi connectivity index (χ1) is 8.93. The van der Waals surface area contributed by atoms with Crippen molar-refractivity contribution in [3.63, 3.8) is 0 Å². The fourth-order valence-corrected chi connectivity index (χ4v) is 1.92. The predicted molar refractivity (Wildman–Crippen MR) is 62.6 cm³/mol. The number of amides is 1. The molecule has 0 spiro atoms. The molecule has 104 valence electrons. The van der Waals surface area contributed by atoms with Gasteiger partial charge in [0.1, 0.15) is 5.69 Å². The van der Waals surface area contributed by atoms with Crippen molar-refractivity contribution in [1.82, 2.24) is 15.2 Å². The van der Waals surface area contributed by atoms with Crippen molar-refractivity contribution in [3.8, 4) is 0 Å². The van der Waals surface area contributed by atoms with Crippen LogP contribution in [-0.4, -0.2) is 41.5 Å². The van der Waals surface area contributed by atoms with Crippen LogP contribution in [0.25, 0.3) is 0 Å². The molecule has 2 heterocycles. The van der Waals surface area contributed by atoms with Gasteiger partial charge in [-0.25, -0.2) is 0 Å². The summed E-state index contributed by atoms with van der Waals surface area (Å²) >= 11 is 0. The van der Waals surface area contributed by atoms with Crippen LogP contribution in [0.1, 0.15) is 23.0 Å². The highest BCUT2D eigenvalue weighted by Gasteiger charge is 2.33. The van der Waals surface area contributed by atoms with E-state index < -0.39 is 11.9 Å². The van der Waals surface area contributed by atoms with E-state index in [0.29, 0.717) is 19.6 Å². The topological polar surface area (TPSA) is 45.2 Å². The van der Waals surface area contributed by atoms with Crippen molar-refractivity contribution in [2.24, 2.45) is 0 Å². The maximum absolute atomic E-state index is 12.4. The third-order valence-electron chi connectivity index (χ3n) is 3.10. The van der Waals surface area contributed by atoms with E-state index in [0.717, 1.165) is 12.3 Å². The number of nitrogens with one attached hydrogen (secondary N) is 1. The minimum Gasteiger partial charge on any atom is -0.333 e. The Bertz CT molecular complexity index is 454. The molecular formula is C12H14F3N3O. The lowest BCUT2D eigenvalue weighted by Gasteiger charge is -2.37. The Labute approximate surface area is 108 Å². The van der Waals surface area contributed by atoms with Gasteiger partial charge in [0, 0.05) is 25.8 Å². The number of carbonyl (C=O) groups excluding carboxylic acids is 1. The Kier molecular flexibility index (Phi) is 3.75. The molecule has 0 atom stereocenters. The normalized spacial score (nSPS) is 16.0. The number of likely N-dealkylation sites (N-methyl/N-ethyl adjacent to an activating group) is 1. The summed E-state index contributed by atoms with van der Waals surface area (Å²) in [6.45, 7) is 3.79. The number of halogens is 3. The number of carbonyl (C=O) groups is 1. The minimum absolute atomic E-state index is 0.111. The van der Waals surface area contributed by atoms with Gasteiger partial charge >= 0.3 is 6.18 Å². The zero-order valence-electron chi connectivity index (χ0n) is 10.4. The van der Waals surface area contributed by atoms with Crippen LogP contribution in [0.2, 0.25) is 0 Å². The molecule has 1 amide bonds. The Hall–Kier alpha value is -1.63. The number of nitrogens with zero attached hydrogens (tertiary/aromatic N) is 2. The Balaban J connectivity index is 2.14. The lowest BCUT2D eigenvalue weighted by molar-refractivity contribution is -0.141. The van der Waals surface area contributed by atoms with Gasteiger partial charge in [0.15, 0.2) is 0 Å². The van der Waals surface area contributed by atoms with Crippen molar-refractivity contribution >= 4 is 5.91 Å². The molecular weight excluding hydrogens is 259 g/mol. The summed E-state index contributed by atoms with van der Waals surface area (Å²) in [4.78, 5) is 17.1. The lowest BCUT2D eigenvalue weighted by atomic mass is 10.1. The van der Waals surface area contributed by atoms with E-state index in [1.54, 1.807) is 4.90 Å². The zero-order valence-corrected chi connectivity index (χ0v) is 10.4. The lowest BCUT2D eigenvalue weighted by Crippen LogP contribution is -2.58. The van der Waals surface area contributed by atoms with Gasteiger partial charge in [-0.05, 0) is 19.1 Å². The van der Waals surface area contributed by atoms with Crippen LogP contribution in [0.15, 0.2) is 18.3 Å². The fraction of sp³-hybridized carbons (Fsp3) is 0.500. The highest BCUT2D eigenvalue weighted by Crippen LogP contribution is 2.27. The van der Waals surface area contributed by atoms with Crippen molar-refractivity contribution in [2.75, 3.05) is 19.6 Å². The van der Waals surface area contributed by atoms with E-state index in [2.05, 4.69) is 10.3 Å². The molecule has 1 aromatic heterocycles. The summed E-state index contributed by atoms with van der Waals surface area (Å²) in [5, 5.41) is 3.05. The van der Waals surface area contributed by atoms with Crippen molar-refractivity contribution < 1.29 is 18.0 Å². The van der Waals surface area contributed by atoms with Crippen LogP contribution >= 0.6 is 0 Å². The molecule has 19 heavy (non-hydrogen) atoms. The Morgan fingerprint density at radius 1 is 1.47 bits per heavy atom. The van der Waals surface area contributed by atoms with Gasteiger partial charge in [0.2, 0.25) is 0 Å². The van der Waals surface area contributed by atoms with Crippen LogP contribution in [-0.2, 0) is 6.18 Å². The number of pyridine rings is 1. The summed E-state index contributed by atoms with van der Waals surface area (Å²) in [6.07, 6.45) is -3.50. The van der Waals surface area contributed by atoms with Gasteiger partial charge in [-0.1, -0.05) is 0 Å². The van der Waals surface area contributed by atoms with Gasteiger partial charge in [0.25, 0.3) is 5.91 Å². The van der Waals surface area contributed by atoms with Crippen molar-refractivity contribution in [3.05, 3.63) is 29.6 Å². The smallest absolute Gasteiger partial charge is 0.333 e. The second-order valence-electron chi connectivity index (χ2n) is 4.33. The zero-order chi connectivity index (χ0) is 14.0. The van der Waals surface area contributed by atoms with Gasteiger partial charge in [-0.2, -0.15) is 13.2 Å². The summed E-state index contributed by atoms with van der Waals surface area (Å²) < 4.78 is 37.1. The van der Waals surface area contributed by atoms with Crippen LogP contribution in [0, 0.1) is 0 Å². The Morgan fingerprint density at radius 3 is 2.53 bits per heavy atom. The van der Waals surface area contributed by atoms with Gasteiger partial charge in [-0.3, -0.25) is 9.78 Å². The quantitative estimate of drug-likeness (QED) is 0.908. The molecule has 0 saturated carbocycles. The summed E-state index contributed by atoms with van der Waals surface area (Å²) in [5.41, 5.74) is -0.806. The van der Waals surface area contributed by atoms with Gasteiger partial charge < -0.3 is 10.2 Å². The highest BCUT2D eigenvalue weighted by molar-refractivity contribution is 5.94. The number of hydrogen-bond donors (Lipinski definition) is 1. The first kappa shape index (κ1) is 13.8. The van der Waals surface area contributed by atoms with Crippen LogP contribution in [0.5, 0.6) is 0 Å². The predicted octanol–water partition coefficient (Wildman–Crippen LogP) is 1.53. The maximum atomic E-state index is 12.4. The molecule has 1 saturated heterocycles. The SMILES string of the molecule is CCN(C(=O)c1ccc(C(F)(F)F)nc1)C1CNC1. The number of aromatic nitrogens is 1. The molecule has 1 aromatic rings. The molecule has 0 bridgehead atoms. The average molecular weight is 273 g/mol. The van der Waals surface area contributed by atoms with Crippen molar-refractivity contribution in [1.29, 1.82) is 0 Å². The fourth-order valence-electron chi connectivity index (χ4n) is 1.92. The third-order valence-corrected chi connectivity index (χ3v) is 3.10. The monoisotopic (exact) mass is 273 g/mol. The first-order valence-electron chi connectivity index (χ1n) is 5.98. The van der Waals surface area contributed by atoms with E-state index in [9.17, 15) is 18.0 Å². The van der Waals surface area contributed by atoms with E-state index in [1.807, 2.05) is 6.92 Å². The van der Waals surface area contributed by atoms with Gasteiger partial charge in [0.05, 0.1) is 11.6 Å². The maximum Gasteiger partial charge on any atom is 0.433 e. The second kappa shape index (κ2) is 5.16. The molecule has 4 nitrogen and oxygen atoms in total. The van der Waals surface area contributed by atoms with E-state index >= 15 is 0 Å². The van der Waals surface area contributed by atoms with Gasteiger partial charge in [-0.15, -0.1) is 0 Å². The molecule has 1 aliphatic heterocycles.